The molecule has 1 unspecified atom stereocenters. The van der Waals surface area contributed by atoms with Gasteiger partial charge in [-0.05, 0) is 25.7 Å². The summed E-state index contributed by atoms with van der Waals surface area (Å²) in [5.74, 6) is 0.818. The van der Waals surface area contributed by atoms with E-state index in [1.807, 2.05) is 6.92 Å². The van der Waals surface area contributed by atoms with E-state index in [1.165, 1.54) is 0 Å². The third-order valence-corrected chi connectivity index (χ3v) is 3.02. The van der Waals surface area contributed by atoms with Gasteiger partial charge in [0.05, 0.1) is 12.6 Å². The smallest absolute Gasteiger partial charge is 0.234 e. The topological polar surface area (TPSA) is 41.6 Å². The quantitative estimate of drug-likeness (QED) is 0.731. The molecule has 0 radical (unpaired) electrons. The highest BCUT2D eigenvalue weighted by molar-refractivity contribution is 5.77. The number of amides is 1. The standard InChI is InChI=1S/C13H26N2O2/c1-4-14-13(16)10-15-7-5-12(9-15)17-8-6-11(2)3/h11-12H,4-10H2,1-3H3,(H,14,16). The van der Waals surface area contributed by atoms with Gasteiger partial charge in [0.1, 0.15) is 0 Å². The summed E-state index contributed by atoms with van der Waals surface area (Å²) in [5, 5.41) is 2.82. The monoisotopic (exact) mass is 242 g/mol. The number of rotatable bonds is 7. The second-order valence-corrected chi connectivity index (χ2v) is 5.15. The first kappa shape index (κ1) is 14.5. The van der Waals surface area contributed by atoms with E-state index in [2.05, 4.69) is 24.1 Å². The third kappa shape index (κ3) is 6.03. The molecule has 1 atom stereocenters. The van der Waals surface area contributed by atoms with Crippen molar-refractivity contribution in [3.63, 3.8) is 0 Å². The van der Waals surface area contributed by atoms with Gasteiger partial charge < -0.3 is 10.1 Å². The van der Waals surface area contributed by atoms with Gasteiger partial charge in [0.25, 0.3) is 0 Å². The highest BCUT2D eigenvalue weighted by atomic mass is 16.5. The van der Waals surface area contributed by atoms with Gasteiger partial charge in [-0.15, -0.1) is 0 Å². The van der Waals surface area contributed by atoms with Crippen molar-refractivity contribution in [2.45, 2.75) is 39.7 Å². The summed E-state index contributed by atoms with van der Waals surface area (Å²) in [6.07, 6.45) is 2.49. The SMILES string of the molecule is CCNC(=O)CN1CCC(OCCC(C)C)C1. The molecular weight excluding hydrogens is 216 g/mol. The number of carbonyl (C=O) groups is 1. The van der Waals surface area contributed by atoms with E-state index in [4.69, 9.17) is 4.74 Å². The Morgan fingerprint density at radius 1 is 1.53 bits per heavy atom. The maximum Gasteiger partial charge on any atom is 0.234 e. The largest absolute Gasteiger partial charge is 0.377 e. The number of likely N-dealkylation sites (N-methyl/N-ethyl adjacent to an activating group) is 1. The van der Waals surface area contributed by atoms with E-state index in [0.29, 0.717) is 25.1 Å². The Labute approximate surface area is 105 Å². The van der Waals surface area contributed by atoms with Crippen molar-refractivity contribution in [1.29, 1.82) is 0 Å². The Hall–Kier alpha value is -0.610. The fraction of sp³-hybridized carbons (Fsp3) is 0.923. The molecule has 0 aromatic carbocycles. The van der Waals surface area contributed by atoms with Crippen LogP contribution in [-0.2, 0) is 9.53 Å². The number of nitrogens with one attached hydrogen (secondary N) is 1. The van der Waals surface area contributed by atoms with E-state index in [1.54, 1.807) is 0 Å². The van der Waals surface area contributed by atoms with Crippen molar-refractivity contribution in [3.8, 4) is 0 Å². The maximum atomic E-state index is 11.4. The first-order chi connectivity index (χ1) is 8.11. The molecule has 1 aliphatic rings. The number of hydrogen-bond acceptors (Lipinski definition) is 3. The van der Waals surface area contributed by atoms with Crippen molar-refractivity contribution in [3.05, 3.63) is 0 Å². The van der Waals surface area contributed by atoms with E-state index < -0.39 is 0 Å². The van der Waals surface area contributed by atoms with Crippen LogP contribution >= 0.6 is 0 Å². The fourth-order valence-corrected chi connectivity index (χ4v) is 2.00. The van der Waals surface area contributed by atoms with Gasteiger partial charge in [0.2, 0.25) is 5.91 Å². The van der Waals surface area contributed by atoms with E-state index >= 15 is 0 Å². The van der Waals surface area contributed by atoms with Crippen LogP contribution in [0, 0.1) is 5.92 Å². The lowest BCUT2D eigenvalue weighted by atomic mass is 10.1. The lowest BCUT2D eigenvalue weighted by Gasteiger charge is -2.16. The van der Waals surface area contributed by atoms with Gasteiger partial charge >= 0.3 is 0 Å². The van der Waals surface area contributed by atoms with Gasteiger partial charge in [-0.25, -0.2) is 0 Å². The molecule has 1 fully saturated rings. The Balaban J connectivity index is 2.12. The van der Waals surface area contributed by atoms with Gasteiger partial charge in [-0.1, -0.05) is 13.8 Å². The minimum absolute atomic E-state index is 0.121. The predicted octanol–water partition coefficient (Wildman–Crippen LogP) is 1.26. The lowest BCUT2D eigenvalue weighted by molar-refractivity contribution is -0.122. The number of ether oxygens (including phenoxy) is 1. The molecule has 1 heterocycles. The number of hydrogen-bond donors (Lipinski definition) is 1. The van der Waals surface area contributed by atoms with Crippen LogP contribution in [0.4, 0.5) is 0 Å². The van der Waals surface area contributed by atoms with Gasteiger partial charge in [0.15, 0.2) is 0 Å². The van der Waals surface area contributed by atoms with Crippen molar-refractivity contribution >= 4 is 5.91 Å². The summed E-state index contributed by atoms with van der Waals surface area (Å²) < 4.78 is 5.81. The van der Waals surface area contributed by atoms with Gasteiger partial charge in [-0.2, -0.15) is 0 Å². The molecule has 1 N–H and O–H groups in total. The van der Waals surface area contributed by atoms with Crippen LogP contribution in [0.3, 0.4) is 0 Å². The molecule has 4 nitrogen and oxygen atoms in total. The zero-order valence-electron chi connectivity index (χ0n) is 11.4. The summed E-state index contributed by atoms with van der Waals surface area (Å²) in [6, 6.07) is 0. The van der Waals surface area contributed by atoms with E-state index in [-0.39, 0.29) is 5.91 Å². The molecule has 100 valence electrons. The molecule has 0 aliphatic carbocycles. The summed E-state index contributed by atoms with van der Waals surface area (Å²) in [5.41, 5.74) is 0. The maximum absolute atomic E-state index is 11.4. The first-order valence-corrected chi connectivity index (χ1v) is 6.72. The van der Waals surface area contributed by atoms with Crippen LogP contribution in [0.15, 0.2) is 0 Å². The number of nitrogens with zero attached hydrogens (tertiary/aromatic N) is 1. The third-order valence-electron chi connectivity index (χ3n) is 3.02. The molecule has 0 spiro atoms. The summed E-state index contributed by atoms with van der Waals surface area (Å²) >= 11 is 0. The molecule has 1 aliphatic heterocycles. The summed E-state index contributed by atoms with van der Waals surface area (Å²) in [7, 11) is 0. The summed E-state index contributed by atoms with van der Waals surface area (Å²) in [4.78, 5) is 13.6. The zero-order chi connectivity index (χ0) is 12.7. The molecule has 0 aromatic rings. The van der Waals surface area contributed by atoms with Crippen LogP contribution in [0.25, 0.3) is 0 Å². The second kappa shape index (κ2) is 7.67. The lowest BCUT2D eigenvalue weighted by Crippen LogP contribution is -2.36. The Bertz CT molecular complexity index is 231. The molecule has 1 rings (SSSR count). The zero-order valence-corrected chi connectivity index (χ0v) is 11.4. The molecule has 4 heteroatoms. The van der Waals surface area contributed by atoms with Crippen molar-refractivity contribution in [1.82, 2.24) is 10.2 Å². The molecule has 1 saturated heterocycles. The highest BCUT2D eigenvalue weighted by Gasteiger charge is 2.24. The van der Waals surface area contributed by atoms with Gasteiger partial charge in [0, 0.05) is 26.2 Å². The average Bonchev–Trinajstić information content (AvgIpc) is 2.65. The molecule has 0 saturated carbocycles. The number of likely N-dealkylation sites (tertiary alicyclic amines) is 1. The van der Waals surface area contributed by atoms with Crippen molar-refractivity contribution in [2.24, 2.45) is 5.92 Å². The van der Waals surface area contributed by atoms with Crippen LogP contribution in [-0.4, -0.2) is 49.7 Å². The molecule has 0 bridgehead atoms. The number of carbonyl (C=O) groups excluding carboxylic acids is 1. The van der Waals surface area contributed by atoms with E-state index in [9.17, 15) is 4.79 Å². The molecule has 0 aromatic heterocycles. The van der Waals surface area contributed by atoms with Crippen LogP contribution < -0.4 is 5.32 Å². The van der Waals surface area contributed by atoms with Crippen LogP contribution in [0.2, 0.25) is 0 Å². The average molecular weight is 242 g/mol. The first-order valence-electron chi connectivity index (χ1n) is 6.72. The minimum Gasteiger partial charge on any atom is -0.377 e. The molecular formula is C13H26N2O2. The highest BCUT2D eigenvalue weighted by Crippen LogP contribution is 2.13. The van der Waals surface area contributed by atoms with E-state index in [0.717, 1.165) is 32.5 Å². The Kier molecular flexibility index (Phi) is 6.52. The normalized spacial score (nSPS) is 21.1. The Morgan fingerprint density at radius 3 is 2.94 bits per heavy atom. The Morgan fingerprint density at radius 2 is 2.29 bits per heavy atom. The fourth-order valence-electron chi connectivity index (χ4n) is 2.00. The van der Waals surface area contributed by atoms with Crippen molar-refractivity contribution in [2.75, 3.05) is 32.8 Å². The molecule has 17 heavy (non-hydrogen) atoms. The van der Waals surface area contributed by atoms with Crippen LogP contribution in [0.1, 0.15) is 33.6 Å². The molecule has 1 amide bonds. The van der Waals surface area contributed by atoms with Crippen molar-refractivity contribution < 1.29 is 9.53 Å². The van der Waals surface area contributed by atoms with Gasteiger partial charge in [-0.3, -0.25) is 9.69 Å². The summed E-state index contributed by atoms with van der Waals surface area (Å²) in [6.45, 7) is 10.3. The minimum atomic E-state index is 0.121. The van der Waals surface area contributed by atoms with Crippen LogP contribution in [0.5, 0.6) is 0 Å². The predicted molar refractivity (Wildman–Crippen MR) is 68.9 cm³/mol. The second-order valence-electron chi connectivity index (χ2n) is 5.15.